The smallest absolute Gasteiger partial charge is 0.305 e. The van der Waals surface area contributed by atoms with E-state index in [0.29, 0.717) is 25.9 Å². The number of carbonyl (C=O) groups excluding carboxylic acids is 2. The van der Waals surface area contributed by atoms with Crippen LogP contribution in [0.3, 0.4) is 0 Å². The average Bonchev–Trinajstić information content (AvgIpc) is 3.43. The highest BCUT2D eigenvalue weighted by Gasteiger charge is 2.44. The largest absolute Gasteiger partial charge is 0.465 e. The van der Waals surface area contributed by atoms with Gasteiger partial charge in [0.2, 0.25) is 5.91 Å². The van der Waals surface area contributed by atoms with Crippen LogP contribution in [0, 0.1) is 0 Å². The molecule has 0 bridgehead atoms. The molecule has 7 atom stereocenters. The summed E-state index contributed by atoms with van der Waals surface area (Å²) in [5, 5.41) is 54.1. The summed E-state index contributed by atoms with van der Waals surface area (Å²) in [6.45, 7) is 3.94. The molecule has 0 aromatic carbocycles. The van der Waals surface area contributed by atoms with E-state index in [4.69, 9.17) is 14.2 Å². The lowest BCUT2D eigenvalue weighted by atomic mass is 9.99. The van der Waals surface area contributed by atoms with Crippen LogP contribution >= 0.6 is 0 Å². The van der Waals surface area contributed by atoms with Gasteiger partial charge in [0.15, 0.2) is 6.29 Å². The van der Waals surface area contributed by atoms with Gasteiger partial charge in [0.25, 0.3) is 0 Å². The molecule has 0 spiro atoms. The molecule has 6 N–H and O–H groups in total. The van der Waals surface area contributed by atoms with E-state index in [-0.39, 0.29) is 18.5 Å². The summed E-state index contributed by atoms with van der Waals surface area (Å²) in [5.74, 6) is -0.260. The van der Waals surface area contributed by atoms with Crippen LogP contribution in [0.2, 0.25) is 0 Å². The summed E-state index contributed by atoms with van der Waals surface area (Å²) in [7, 11) is 0. The van der Waals surface area contributed by atoms with Crippen molar-refractivity contribution >= 4 is 11.9 Å². The minimum Gasteiger partial charge on any atom is -0.465 e. The van der Waals surface area contributed by atoms with E-state index >= 15 is 0 Å². The first-order chi connectivity index (χ1) is 37.7. The van der Waals surface area contributed by atoms with Crippen molar-refractivity contribution in [3.63, 3.8) is 0 Å². The van der Waals surface area contributed by atoms with Crippen molar-refractivity contribution in [3.05, 3.63) is 85.1 Å². The number of carbonyl (C=O) groups is 2. The van der Waals surface area contributed by atoms with Gasteiger partial charge in [0, 0.05) is 12.8 Å². The number of amides is 1. The minimum absolute atomic E-state index is 0.0543. The first kappa shape index (κ1) is 71.9. The summed E-state index contributed by atoms with van der Waals surface area (Å²) in [4.78, 5) is 25.1. The Hall–Kier alpha value is -3.16. The second-order valence-electron chi connectivity index (χ2n) is 21.4. The summed E-state index contributed by atoms with van der Waals surface area (Å²) in [5.41, 5.74) is 0. The second-order valence-corrected chi connectivity index (χ2v) is 21.4. The van der Waals surface area contributed by atoms with Crippen LogP contribution < -0.4 is 5.32 Å². The fraction of sp³-hybridized carbons (Fsp3) is 0.758. The van der Waals surface area contributed by atoms with Crippen molar-refractivity contribution in [1.29, 1.82) is 0 Å². The molecule has 77 heavy (non-hydrogen) atoms. The second kappa shape index (κ2) is 54.8. The van der Waals surface area contributed by atoms with Gasteiger partial charge in [-0.3, -0.25) is 9.59 Å². The lowest BCUT2D eigenvalue weighted by molar-refractivity contribution is -0.302. The Labute approximate surface area is 470 Å². The SMILES string of the molecule is C/C=C/CC/C=C/CC/C=C/C(O)C(COC1OC(CO)C(O)C(O)C1O)NC(=O)CCCCCCCCCCCCCCCC/C=C\C/C=C\CCOC(=O)CCCCCCCCCCC/C=C\C/C=C\CCCCC. The number of hydrogen-bond acceptors (Lipinski definition) is 10. The number of aliphatic hydroxyl groups is 5. The summed E-state index contributed by atoms with van der Waals surface area (Å²) >= 11 is 0. The normalized spacial score (nSPS) is 19.2. The van der Waals surface area contributed by atoms with Crippen molar-refractivity contribution in [2.45, 2.75) is 301 Å². The van der Waals surface area contributed by atoms with Crippen LogP contribution in [0.15, 0.2) is 85.1 Å². The van der Waals surface area contributed by atoms with Gasteiger partial charge in [0.05, 0.1) is 32.0 Å². The zero-order valence-electron chi connectivity index (χ0n) is 48.9. The summed E-state index contributed by atoms with van der Waals surface area (Å²) in [6.07, 6.45) is 64.5. The number of allylic oxidation sites excluding steroid dienone is 12. The van der Waals surface area contributed by atoms with Crippen LogP contribution in [-0.2, 0) is 23.8 Å². The molecule has 0 radical (unpaired) electrons. The topological polar surface area (TPSA) is 175 Å². The third-order valence-electron chi connectivity index (χ3n) is 14.3. The van der Waals surface area contributed by atoms with E-state index in [1.807, 2.05) is 19.1 Å². The van der Waals surface area contributed by atoms with Gasteiger partial charge in [-0.05, 0) is 103 Å². The maximum absolute atomic E-state index is 13.0. The van der Waals surface area contributed by atoms with E-state index < -0.39 is 49.5 Å². The highest BCUT2D eigenvalue weighted by Crippen LogP contribution is 2.23. The summed E-state index contributed by atoms with van der Waals surface area (Å²) in [6, 6.07) is -0.839. The molecule has 0 aromatic heterocycles. The lowest BCUT2D eigenvalue weighted by Crippen LogP contribution is -2.60. The Morgan fingerprint density at radius 2 is 0.935 bits per heavy atom. The molecule has 444 valence electrons. The number of esters is 1. The van der Waals surface area contributed by atoms with Crippen molar-refractivity contribution in [2.75, 3.05) is 19.8 Å². The number of nitrogens with one attached hydrogen (secondary N) is 1. The first-order valence-electron chi connectivity index (χ1n) is 31.3. The standard InChI is InChI=1S/C66H115NO10/c1-3-5-7-9-11-13-14-15-16-17-21-25-28-31-34-38-42-46-50-54-62(71)75-55-51-47-43-39-35-32-29-26-23-20-18-19-22-24-27-30-33-37-41-45-49-53-61(70)67-58(59(69)52-48-44-40-36-12-10-8-6-4-2)57-76-66-65(74)64(73)63(72)60(56-68)77-66/h4,6,11-13,15-16,32,35-36,43,47-48,52,58-60,63-66,68-69,72-74H,3,5,7-10,14,17-31,33-34,37-42,44-46,49-51,53-57H2,1-2H3,(H,67,70)/b6-4+,13-11-,16-15-,35-32-,36-12+,47-43-,52-48+. The number of unbranched alkanes of at least 4 members (excludes halogenated alkanes) is 28. The molecule has 1 aliphatic heterocycles. The van der Waals surface area contributed by atoms with Crippen molar-refractivity contribution in [3.8, 4) is 0 Å². The highest BCUT2D eigenvalue weighted by molar-refractivity contribution is 5.76. The van der Waals surface area contributed by atoms with E-state index in [9.17, 15) is 35.1 Å². The van der Waals surface area contributed by atoms with Gasteiger partial charge in [-0.2, -0.15) is 0 Å². The van der Waals surface area contributed by atoms with E-state index in [1.165, 1.54) is 141 Å². The van der Waals surface area contributed by atoms with Crippen LogP contribution in [0.1, 0.15) is 258 Å². The molecule has 1 saturated heterocycles. The quantitative estimate of drug-likeness (QED) is 0.0195. The Kier molecular flexibility index (Phi) is 51.1. The molecule has 11 nitrogen and oxygen atoms in total. The molecule has 11 heteroatoms. The highest BCUT2D eigenvalue weighted by atomic mass is 16.7. The average molecular weight is 1080 g/mol. The molecule has 1 heterocycles. The fourth-order valence-electron chi connectivity index (χ4n) is 9.34. The van der Waals surface area contributed by atoms with Gasteiger partial charge in [-0.25, -0.2) is 0 Å². The predicted octanol–water partition coefficient (Wildman–Crippen LogP) is 14.9. The van der Waals surface area contributed by atoms with Crippen LogP contribution in [0.25, 0.3) is 0 Å². The van der Waals surface area contributed by atoms with Gasteiger partial charge in [0.1, 0.15) is 24.4 Å². The summed E-state index contributed by atoms with van der Waals surface area (Å²) < 4.78 is 16.6. The number of aliphatic hydroxyl groups excluding tert-OH is 5. The molecular weight excluding hydrogens is 967 g/mol. The van der Waals surface area contributed by atoms with Crippen molar-refractivity contribution in [2.24, 2.45) is 0 Å². The molecule has 1 fully saturated rings. The maximum Gasteiger partial charge on any atom is 0.305 e. The maximum atomic E-state index is 13.0. The van der Waals surface area contributed by atoms with Gasteiger partial charge in [-0.15, -0.1) is 0 Å². The molecule has 1 amide bonds. The van der Waals surface area contributed by atoms with Gasteiger partial charge >= 0.3 is 5.97 Å². The Bertz CT molecular complexity index is 1550. The van der Waals surface area contributed by atoms with Crippen LogP contribution in [0.4, 0.5) is 0 Å². The molecule has 1 rings (SSSR count). The minimum atomic E-state index is -1.58. The van der Waals surface area contributed by atoms with Gasteiger partial charge < -0.3 is 45.1 Å². The zero-order chi connectivity index (χ0) is 55.9. The Balaban J connectivity index is 2.00. The number of hydrogen-bond donors (Lipinski definition) is 6. The van der Waals surface area contributed by atoms with Crippen LogP contribution in [-0.4, -0.2) is 100 Å². The third-order valence-corrected chi connectivity index (χ3v) is 14.3. The first-order valence-corrected chi connectivity index (χ1v) is 31.3. The molecular formula is C66H115NO10. The third kappa shape index (κ3) is 44.3. The van der Waals surface area contributed by atoms with Crippen LogP contribution in [0.5, 0.6) is 0 Å². The van der Waals surface area contributed by atoms with E-state index in [2.05, 4.69) is 79.1 Å². The van der Waals surface area contributed by atoms with E-state index in [1.54, 1.807) is 6.08 Å². The monoisotopic (exact) mass is 1080 g/mol. The fourth-order valence-corrected chi connectivity index (χ4v) is 9.34. The predicted molar refractivity (Wildman–Crippen MR) is 319 cm³/mol. The zero-order valence-corrected chi connectivity index (χ0v) is 48.9. The molecule has 7 unspecified atom stereocenters. The lowest BCUT2D eigenvalue weighted by Gasteiger charge is -2.40. The molecule has 0 aromatic rings. The molecule has 1 aliphatic rings. The van der Waals surface area contributed by atoms with Crippen molar-refractivity contribution < 1.29 is 49.3 Å². The van der Waals surface area contributed by atoms with Crippen molar-refractivity contribution in [1.82, 2.24) is 5.32 Å². The molecule has 0 aliphatic carbocycles. The Morgan fingerprint density at radius 1 is 0.506 bits per heavy atom. The van der Waals surface area contributed by atoms with Gasteiger partial charge in [-0.1, -0.05) is 227 Å². The molecule has 0 saturated carbocycles. The van der Waals surface area contributed by atoms with E-state index in [0.717, 1.165) is 83.5 Å². The number of ether oxygens (including phenoxy) is 3. The Morgan fingerprint density at radius 3 is 1.43 bits per heavy atom. The number of rotatable bonds is 53.